The molecule has 2 unspecified atom stereocenters. The summed E-state index contributed by atoms with van der Waals surface area (Å²) in [6, 6.07) is 9.97. The summed E-state index contributed by atoms with van der Waals surface area (Å²) in [6.45, 7) is 3.03. The van der Waals surface area contributed by atoms with Crippen molar-refractivity contribution in [2.75, 3.05) is 5.75 Å². The molecule has 1 aliphatic rings. The van der Waals surface area contributed by atoms with Crippen LogP contribution in [0.2, 0.25) is 0 Å². The molecule has 0 fully saturated rings. The van der Waals surface area contributed by atoms with Crippen LogP contribution in [0.4, 0.5) is 0 Å². The quantitative estimate of drug-likeness (QED) is 0.940. The van der Waals surface area contributed by atoms with Gasteiger partial charge in [0, 0.05) is 23.4 Å². The van der Waals surface area contributed by atoms with Gasteiger partial charge < -0.3 is 10.5 Å². The van der Waals surface area contributed by atoms with Crippen LogP contribution in [-0.2, 0) is 6.54 Å². The van der Waals surface area contributed by atoms with Crippen LogP contribution >= 0.6 is 11.8 Å². The molecule has 2 N–H and O–H groups in total. The van der Waals surface area contributed by atoms with Crippen molar-refractivity contribution in [1.29, 1.82) is 0 Å². The van der Waals surface area contributed by atoms with Crippen molar-refractivity contribution in [3.8, 4) is 5.75 Å². The maximum Gasteiger partial charge on any atom is 0.133 e. The first kappa shape index (κ1) is 13.5. The summed E-state index contributed by atoms with van der Waals surface area (Å²) in [7, 11) is 0. The zero-order valence-electron chi connectivity index (χ0n) is 11.5. The van der Waals surface area contributed by atoms with Gasteiger partial charge in [-0.3, -0.25) is 4.68 Å². The molecule has 1 aliphatic heterocycles. The highest BCUT2D eigenvalue weighted by Crippen LogP contribution is 2.37. The van der Waals surface area contributed by atoms with Gasteiger partial charge in [0.1, 0.15) is 11.9 Å². The number of benzene rings is 1. The molecule has 3 rings (SSSR count). The molecule has 0 saturated carbocycles. The third-order valence-electron chi connectivity index (χ3n) is 3.46. The van der Waals surface area contributed by atoms with Crippen LogP contribution in [0.25, 0.3) is 0 Å². The Morgan fingerprint density at radius 3 is 3.15 bits per heavy atom. The van der Waals surface area contributed by atoms with Gasteiger partial charge in [0.2, 0.25) is 0 Å². The monoisotopic (exact) mass is 289 g/mol. The predicted octanol–water partition coefficient (Wildman–Crippen LogP) is 2.85. The molecule has 0 amide bonds. The van der Waals surface area contributed by atoms with E-state index in [0.717, 1.165) is 30.2 Å². The number of nitrogens with zero attached hydrogens (tertiary/aromatic N) is 2. The van der Waals surface area contributed by atoms with Gasteiger partial charge in [0.05, 0.1) is 11.7 Å². The number of hydrogen-bond acceptors (Lipinski definition) is 4. The second kappa shape index (κ2) is 5.89. The van der Waals surface area contributed by atoms with E-state index >= 15 is 0 Å². The molecule has 5 heteroatoms. The van der Waals surface area contributed by atoms with Gasteiger partial charge in [-0.25, -0.2) is 0 Å². The van der Waals surface area contributed by atoms with Crippen LogP contribution in [0.5, 0.6) is 5.75 Å². The second-order valence-corrected chi connectivity index (χ2v) is 5.98. The second-order valence-electron chi connectivity index (χ2n) is 4.92. The molecular weight excluding hydrogens is 270 g/mol. The number of thioether (sulfide) groups is 1. The number of rotatable bonds is 4. The first-order chi connectivity index (χ1) is 9.79. The minimum absolute atomic E-state index is 0.0118. The molecule has 106 valence electrons. The Morgan fingerprint density at radius 2 is 2.30 bits per heavy atom. The molecule has 0 bridgehead atoms. The summed E-state index contributed by atoms with van der Waals surface area (Å²) in [4.78, 5) is 1.19. The first-order valence-electron chi connectivity index (χ1n) is 6.95. The van der Waals surface area contributed by atoms with Crippen molar-refractivity contribution in [2.24, 2.45) is 5.73 Å². The number of aryl methyl sites for hydroxylation is 1. The number of nitrogens with two attached hydrogens (primary N) is 1. The van der Waals surface area contributed by atoms with Crippen molar-refractivity contribution in [2.45, 2.75) is 36.9 Å². The summed E-state index contributed by atoms with van der Waals surface area (Å²) in [5.41, 5.74) is 7.46. The van der Waals surface area contributed by atoms with E-state index in [2.05, 4.69) is 18.1 Å². The Hall–Kier alpha value is -1.46. The Kier molecular flexibility index (Phi) is 3.98. The molecule has 1 aromatic carbocycles. The molecule has 0 radical (unpaired) electrons. The van der Waals surface area contributed by atoms with Crippen LogP contribution in [0, 0.1) is 0 Å². The Bertz CT molecular complexity index is 584. The van der Waals surface area contributed by atoms with E-state index in [1.54, 1.807) is 11.8 Å². The van der Waals surface area contributed by atoms with E-state index < -0.39 is 0 Å². The first-order valence-corrected chi connectivity index (χ1v) is 7.94. The van der Waals surface area contributed by atoms with Gasteiger partial charge in [-0.05, 0) is 24.6 Å². The molecule has 2 aromatic rings. The fraction of sp³-hybridized carbons (Fsp3) is 0.400. The van der Waals surface area contributed by atoms with Crippen LogP contribution in [-0.4, -0.2) is 21.6 Å². The average Bonchev–Trinajstić information content (AvgIpc) is 2.94. The normalized spacial score (nSPS) is 19.2. The molecule has 2 heterocycles. The molecule has 2 atom stereocenters. The van der Waals surface area contributed by atoms with Gasteiger partial charge in [0.25, 0.3) is 0 Å². The Labute approximate surface area is 123 Å². The molecule has 0 aliphatic carbocycles. The molecule has 1 aromatic heterocycles. The maximum absolute atomic E-state index is 6.40. The lowest BCUT2D eigenvalue weighted by atomic mass is 10.1. The molecule has 20 heavy (non-hydrogen) atoms. The lowest BCUT2D eigenvalue weighted by Gasteiger charge is -2.30. The van der Waals surface area contributed by atoms with E-state index in [4.69, 9.17) is 10.5 Å². The van der Waals surface area contributed by atoms with Crippen LogP contribution in [0.1, 0.15) is 25.1 Å². The zero-order chi connectivity index (χ0) is 13.9. The SMILES string of the molecule is CCCn1nccc1C(N)C1CSc2ccccc2O1. The molecule has 0 spiro atoms. The van der Waals surface area contributed by atoms with E-state index in [1.807, 2.05) is 35.1 Å². The molecule has 4 nitrogen and oxygen atoms in total. The summed E-state index contributed by atoms with van der Waals surface area (Å²) >= 11 is 1.81. The predicted molar refractivity (Wildman–Crippen MR) is 81.0 cm³/mol. The third kappa shape index (κ3) is 2.55. The largest absolute Gasteiger partial charge is 0.486 e. The van der Waals surface area contributed by atoms with Crippen molar-refractivity contribution in [3.05, 3.63) is 42.2 Å². The van der Waals surface area contributed by atoms with Gasteiger partial charge in [-0.15, -0.1) is 11.8 Å². The van der Waals surface area contributed by atoms with E-state index in [1.165, 1.54) is 4.90 Å². The van der Waals surface area contributed by atoms with Crippen LogP contribution in [0.15, 0.2) is 41.4 Å². The van der Waals surface area contributed by atoms with Crippen molar-refractivity contribution in [1.82, 2.24) is 9.78 Å². The van der Waals surface area contributed by atoms with E-state index in [9.17, 15) is 0 Å². The topological polar surface area (TPSA) is 53.1 Å². The van der Waals surface area contributed by atoms with Gasteiger partial charge in [0.15, 0.2) is 0 Å². The number of ether oxygens (including phenoxy) is 1. The fourth-order valence-corrected chi connectivity index (χ4v) is 3.48. The highest BCUT2D eigenvalue weighted by atomic mass is 32.2. The van der Waals surface area contributed by atoms with Crippen molar-refractivity contribution in [3.63, 3.8) is 0 Å². The highest BCUT2D eigenvalue weighted by molar-refractivity contribution is 7.99. The van der Waals surface area contributed by atoms with Gasteiger partial charge >= 0.3 is 0 Å². The Balaban J connectivity index is 1.78. The van der Waals surface area contributed by atoms with Gasteiger partial charge in [-0.2, -0.15) is 5.10 Å². The third-order valence-corrected chi connectivity index (χ3v) is 4.60. The molecular formula is C15H19N3OS. The summed E-state index contributed by atoms with van der Waals surface area (Å²) in [5, 5.41) is 4.34. The fourth-order valence-electron chi connectivity index (χ4n) is 2.43. The van der Waals surface area contributed by atoms with Crippen molar-refractivity contribution >= 4 is 11.8 Å². The average molecular weight is 289 g/mol. The zero-order valence-corrected chi connectivity index (χ0v) is 12.3. The minimum Gasteiger partial charge on any atom is -0.486 e. The summed E-state index contributed by atoms with van der Waals surface area (Å²) in [6.07, 6.45) is 2.85. The highest BCUT2D eigenvalue weighted by Gasteiger charge is 2.28. The number of hydrogen-bond donors (Lipinski definition) is 1. The standard InChI is InChI=1S/C15H19N3OS/c1-2-9-18-11(7-8-17-18)15(16)13-10-20-14-6-4-3-5-12(14)19-13/h3-8,13,15H,2,9-10,16H2,1H3. The number of fused-ring (bicyclic) bond motifs is 1. The van der Waals surface area contributed by atoms with E-state index in [0.29, 0.717) is 0 Å². The summed E-state index contributed by atoms with van der Waals surface area (Å²) in [5.74, 6) is 1.81. The van der Waals surface area contributed by atoms with Crippen molar-refractivity contribution < 1.29 is 4.74 Å². The summed E-state index contributed by atoms with van der Waals surface area (Å²) < 4.78 is 8.05. The number of aromatic nitrogens is 2. The number of para-hydroxylation sites is 1. The van der Waals surface area contributed by atoms with Crippen LogP contribution < -0.4 is 10.5 Å². The Morgan fingerprint density at radius 1 is 1.45 bits per heavy atom. The smallest absolute Gasteiger partial charge is 0.133 e. The lowest BCUT2D eigenvalue weighted by molar-refractivity contribution is 0.181. The van der Waals surface area contributed by atoms with Gasteiger partial charge in [-0.1, -0.05) is 19.1 Å². The maximum atomic E-state index is 6.40. The molecule has 0 saturated heterocycles. The van der Waals surface area contributed by atoms with Crippen LogP contribution in [0.3, 0.4) is 0 Å². The minimum atomic E-state index is -0.148. The lowest BCUT2D eigenvalue weighted by Crippen LogP contribution is -2.36. The van der Waals surface area contributed by atoms with E-state index in [-0.39, 0.29) is 12.1 Å².